The minimum absolute atomic E-state index is 0.221. The summed E-state index contributed by atoms with van der Waals surface area (Å²) in [7, 11) is 0. The summed E-state index contributed by atoms with van der Waals surface area (Å²) in [6, 6.07) is 7.97. The van der Waals surface area contributed by atoms with E-state index >= 15 is 0 Å². The number of hydrogen-bond acceptors (Lipinski definition) is 4. The smallest absolute Gasteiger partial charge is 0.191 e. The molecule has 0 amide bonds. The van der Waals surface area contributed by atoms with Crippen LogP contribution in [0.1, 0.15) is 19.8 Å². The number of nitrogens with one attached hydrogen (secondary N) is 2. The zero-order chi connectivity index (χ0) is 18.0. The normalized spacial score (nSPS) is 17.3. The monoisotopic (exact) mass is 401 g/mol. The molecule has 0 bridgehead atoms. The number of nitrogens with zero attached hydrogens (tertiary/aromatic N) is 1. The summed E-state index contributed by atoms with van der Waals surface area (Å²) >= 11 is 9.65. The van der Waals surface area contributed by atoms with Crippen molar-refractivity contribution in [2.75, 3.05) is 44.9 Å². The number of hydrogen-bond donors (Lipinski definition) is 2. The molecule has 0 radical (unpaired) electrons. The summed E-state index contributed by atoms with van der Waals surface area (Å²) in [5.74, 6) is 1.88. The predicted octanol–water partition coefficient (Wildman–Crippen LogP) is 3.90. The Balaban J connectivity index is 1.79. The molecule has 0 unspecified atom stereocenters. The maximum Gasteiger partial charge on any atom is 0.191 e. The summed E-state index contributed by atoms with van der Waals surface area (Å²) in [6.45, 7) is 6.35. The van der Waals surface area contributed by atoms with Crippen LogP contribution in [0.25, 0.3) is 0 Å². The largest absolute Gasteiger partial charge is 0.381 e. The van der Waals surface area contributed by atoms with Crippen LogP contribution in [-0.2, 0) is 4.74 Å². The van der Waals surface area contributed by atoms with Crippen molar-refractivity contribution in [3.05, 3.63) is 29.3 Å². The molecule has 1 aliphatic heterocycles. The quantitative estimate of drug-likeness (QED) is 0.299. The van der Waals surface area contributed by atoms with Crippen LogP contribution in [-0.4, -0.2) is 55.6 Å². The van der Waals surface area contributed by atoms with E-state index in [-0.39, 0.29) is 4.75 Å². The van der Waals surface area contributed by atoms with Gasteiger partial charge in [0, 0.05) is 46.7 Å². The van der Waals surface area contributed by atoms with Crippen LogP contribution < -0.4 is 10.6 Å². The zero-order valence-corrected chi connectivity index (χ0v) is 17.4. The third kappa shape index (κ3) is 7.29. The number of rotatable bonds is 8. The van der Waals surface area contributed by atoms with Gasteiger partial charge in [0.15, 0.2) is 5.96 Å². The molecule has 1 aliphatic rings. The second-order valence-electron chi connectivity index (χ2n) is 5.92. The van der Waals surface area contributed by atoms with Crippen molar-refractivity contribution in [1.29, 1.82) is 0 Å². The Morgan fingerprint density at radius 3 is 2.60 bits per heavy atom. The van der Waals surface area contributed by atoms with Gasteiger partial charge in [-0.25, -0.2) is 0 Å². The molecule has 2 N–H and O–H groups in total. The van der Waals surface area contributed by atoms with Gasteiger partial charge in [0.25, 0.3) is 0 Å². The molecule has 1 aromatic carbocycles. The lowest BCUT2D eigenvalue weighted by molar-refractivity contribution is 0.0794. The van der Waals surface area contributed by atoms with Gasteiger partial charge in [0.2, 0.25) is 0 Å². The zero-order valence-electron chi connectivity index (χ0n) is 15.0. The van der Waals surface area contributed by atoms with Gasteiger partial charge in [0.1, 0.15) is 0 Å². The molecule has 0 atom stereocenters. The van der Waals surface area contributed by atoms with Crippen LogP contribution in [0, 0.1) is 0 Å². The summed E-state index contributed by atoms with van der Waals surface area (Å²) in [4.78, 5) is 6.06. The molecule has 1 fully saturated rings. The molecular formula is C18H28ClN3OS2. The lowest BCUT2D eigenvalue weighted by atomic mass is 9.99. The van der Waals surface area contributed by atoms with E-state index in [1.807, 2.05) is 35.7 Å². The molecule has 140 valence electrons. The molecule has 1 saturated heterocycles. The summed E-state index contributed by atoms with van der Waals surface area (Å²) in [5, 5.41) is 7.55. The number of aliphatic imine (C=N–C) groups is 1. The Labute approximate surface area is 164 Å². The van der Waals surface area contributed by atoms with E-state index in [0.29, 0.717) is 0 Å². The van der Waals surface area contributed by atoms with Gasteiger partial charge in [-0.2, -0.15) is 11.8 Å². The summed E-state index contributed by atoms with van der Waals surface area (Å²) in [5.41, 5.74) is 0. The predicted molar refractivity (Wildman–Crippen MR) is 112 cm³/mol. The first-order chi connectivity index (χ1) is 12.2. The van der Waals surface area contributed by atoms with Crippen molar-refractivity contribution in [3.8, 4) is 0 Å². The van der Waals surface area contributed by atoms with Crippen LogP contribution >= 0.6 is 35.1 Å². The summed E-state index contributed by atoms with van der Waals surface area (Å²) in [6.07, 6.45) is 4.33. The van der Waals surface area contributed by atoms with E-state index in [0.717, 1.165) is 62.4 Å². The molecule has 25 heavy (non-hydrogen) atoms. The first kappa shape index (κ1) is 20.7. The average Bonchev–Trinajstić information content (AvgIpc) is 2.65. The van der Waals surface area contributed by atoms with Crippen LogP contribution in [0.4, 0.5) is 0 Å². The van der Waals surface area contributed by atoms with Gasteiger partial charge >= 0.3 is 0 Å². The van der Waals surface area contributed by atoms with Crippen molar-refractivity contribution < 1.29 is 4.74 Å². The van der Waals surface area contributed by atoms with E-state index in [1.165, 1.54) is 4.90 Å². The van der Waals surface area contributed by atoms with E-state index < -0.39 is 0 Å². The molecule has 0 spiro atoms. The fourth-order valence-corrected chi connectivity index (χ4v) is 4.27. The third-order valence-electron chi connectivity index (χ3n) is 4.18. The molecule has 0 saturated carbocycles. The number of guanidine groups is 1. The molecule has 0 aromatic heterocycles. The highest BCUT2D eigenvalue weighted by Gasteiger charge is 2.31. The fourth-order valence-electron chi connectivity index (χ4n) is 2.60. The Morgan fingerprint density at radius 2 is 1.96 bits per heavy atom. The topological polar surface area (TPSA) is 45.7 Å². The Kier molecular flexibility index (Phi) is 9.31. The molecule has 7 heteroatoms. The molecule has 1 aromatic rings. The number of benzene rings is 1. The number of ether oxygens (including phenoxy) is 1. The first-order valence-electron chi connectivity index (χ1n) is 8.71. The van der Waals surface area contributed by atoms with Crippen LogP contribution in [0.15, 0.2) is 34.2 Å². The van der Waals surface area contributed by atoms with Crippen LogP contribution in [0.5, 0.6) is 0 Å². The molecule has 4 nitrogen and oxygen atoms in total. The summed E-state index contributed by atoms with van der Waals surface area (Å²) < 4.78 is 5.73. The maximum atomic E-state index is 5.92. The van der Waals surface area contributed by atoms with Gasteiger partial charge in [-0.3, -0.25) is 4.99 Å². The average molecular weight is 402 g/mol. The van der Waals surface area contributed by atoms with Gasteiger partial charge in [-0.15, -0.1) is 11.8 Å². The molecule has 0 aliphatic carbocycles. The van der Waals surface area contributed by atoms with E-state index in [4.69, 9.17) is 21.3 Å². The second kappa shape index (κ2) is 11.2. The number of halogens is 1. The highest BCUT2D eigenvalue weighted by molar-refractivity contribution is 8.00. The van der Waals surface area contributed by atoms with Crippen molar-refractivity contribution >= 4 is 41.1 Å². The lowest BCUT2D eigenvalue weighted by Gasteiger charge is -2.34. The lowest BCUT2D eigenvalue weighted by Crippen LogP contribution is -2.41. The Morgan fingerprint density at radius 1 is 1.24 bits per heavy atom. The third-order valence-corrected chi connectivity index (χ3v) is 6.85. The van der Waals surface area contributed by atoms with Crippen molar-refractivity contribution in [2.24, 2.45) is 4.99 Å². The van der Waals surface area contributed by atoms with Crippen LogP contribution in [0.2, 0.25) is 5.02 Å². The van der Waals surface area contributed by atoms with Gasteiger partial charge in [0.05, 0.1) is 6.54 Å². The first-order valence-corrected chi connectivity index (χ1v) is 11.3. The van der Waals surface area contributed by atoms with Gasteiger partial charge in [-0.05, 0) is 50.3 Å². The van der Waals surface area contributed by atoms with Crippen LogP contribution in [0.3, 0.4) is 0 Å². The Bertz CT molecular complexity index is 534. The molecule has 1 heterocycles. The molecule has 2 rings (SSSR count). The van der Waals surface area contributed by atoms with E-state index in [9.17, 15) is 0 Å². The Hall–Kier alpha value is -0.560. The fraction of sp³-hybridized carbons (Fsp3) is 0.611. The maximum absolute atomic E-state index is 5.92. The minimum Gasteiger partial charge on any atom is -0.381 e. The highest BCUT2D eigenvalue weighted by atomic mass is 35.5. The van der Waals surface area contributed by atoms with Crippen molar-refractivity contribution in [1.82, 2.24) is 10.6 Å². The van der Waals surface area contributed by atoms with Crippen molar-refractivity contribution in [2.45, 2.75) is 29.4 Å². The van der Waals surface area contributed by atoms with Crippen molar-refractivity contribution in [3.63, 3.8) is 0 Å². The molecular weight excluding hydrogens is 374 g/mol. The van der Waals surface area contributed by atoms with Gasteiger partial charge in [-0.1, -0.05) is 11.6 Å². The highest BCUT2D eigenvalue weighted by Crippen LogP contribution is 2.33. The van der Waals surface area contributed by atoms with E-state index in [1.54, 1.807) is 0 Å². The number of thioether (sulfide) groups is 2. The standard InChI is InChI=1S/C18H28ClN3OS2/c1-3-20-17(22-14-18(24-2)8-11-23-12-9-18)21-10-13-25-16-6-4-15(19)5-7-16/h4-7H,3,8-14H2,1-2H3,(H2,20,21,22). The minimum atomic E-state index is 0.221. The van der Waals surface area contributed by atoms with Gasteiger partial charge < -0.3 is 15.4 Å². The van der Waals surface area contributed by atoms with E-state index in [2.05, 4.69) is 35.9 Å². The second-order valence-corrected chi connectivity index (χ2v) is 8.80. The SMILES string of the molecule is CCNC(=NCC1(SC)CCOCC1)NCCSc1ccc(Cl)cc1.